The molecule has 0 saturated heterocycles. The van der Waals surface area contributed by atoms with Crippen LogP contribution in [0, 0.1) is 17.2 Å². The molecule has 0 aliphatic heterocycles. The zero-order valence-corrected chi connectivity index (χ0v) is 21.3. The van der Waals surface area contributed by atoms with Crippen molar-refractivity contribution in [1.82, 2.24) is 15.3 Å². The first-order chi connectivity index (χ1) is 16.3. The van der Waals surface area contributed by atoms with Crippen LogP contribution in [0.1, 0.15) is 53.5 Å². The van der Waals surface area contributed by atoms with Gasteiger partial charge >= 0.3 is 12.2 Å². The fourth-order valence-electron chi connectivity index (χ4n) is 3.46. The lowest BCUT2D eigenvalue weighted by Gasteiger charge is -2.33. The number of nitrogens with zero attached hydrogens (tertiary/aromatic N) is 3. The highest BCUT2D eigenvalue weighted by molar-refractivity contribution is 5.84. The Hall–Kier alpha value is -3.87. The summed E-state index contributed by atoms with van der Waals surface area (Å²) in [5.74, 6) is 0.717. The summed E-state index contributed by atoms with van der Waals surface area (Å²) in [7, 11) is 1.26. The van der Waals surface area contributed by atoms with Crippen molar-refractivity contribution < 1.29 is 23.8 Å². The quantitative estimate of drug-likeness (QED) is 0.541. The van der Waals surface area contributed by atoms with Gasteiger partial charge in [0, 0.05) is 18.0 Å². The number of ether oxygens (including phenoxy) is 3. The second-order valence-corrected chi connectivity index (χ2v) is 9.81. The predicted molar refractivity (Wildman–Crippen MR) is 131 cm³/mol. The molecule has 0 spiro atoms. The number of nitrogens with one attached hydrogen (secondary N) is 2. The van der Waals surface area contributed by atoms with Crippen LogP contribution in [-0.2, 0) is 9.47 Å². The smallest absolute Gasteiger partial charge is 0.412 e. The lowest BCUT2D eigenvalue weighted by molar-refractivity contribution is 0.0405. The molecular weight excluding hydrogens is 450 g/mol. The third-order valence-electron chi connectivity index (χ3n) is 4.67. The number of pyridine rings is 2. The standard InChI is InChI=1S/C25H33N5O5/c1-16(2)12-25(6,30-23(32)35-24(3,4)5)15-34-21-18(13-26)10-19(14-28-21)17-8-9-27-20(11-17)29-22(31)33-7/h8-11,14,16H,12,15H2,1-7H3,(H,30,32)(H,27,29,31)/t25-/m0/s1. The van der Waals surface area contributed by atoms with Crippen molar-refractivity contribution >= 4 is 18.0 Å². The number of hydrogen-bond acceptors (Lipinski definition) is 8. The number of carbonyl (C=O) groups excluding carboxylic acids is 2. The summed E-state index contributed by atoms with van der Waals surface area (Å²) in [6.45, 7) is 11.4. The third kappa shape index (κ3) is 8.77. The lowest BCUT2D eigenvalue weighted by Crippen LogP contribution is -2.52. The van der Waals surface area contributed by atoms with Crippen molar-refractivity contribution in [2.24, 2.45) is 5.92 Å². The minimum absolute atomic E-state index is 0.0912. The molecule has 0 unspecified atom stereocenters. The number of alkyl carbamates (subject to hydrolysis) is 1. The molecule has 188 valence electrons. The number of amides is 2. The van der Waals surface area contributed by atoms with Gasteiger partial charge in [-0.1, -0.05) is 13.8 Å². The van der Waals surface area contributed by atoms with Crippen molar-refractivity contribution in [1.29, 1.82) is 5.26 Å². The summed E-state index contributed by atoms with van der Waals surface area (Å²) in [4.78, 5) is 32.3. The van der Waals surface area contributed by atoms with E-state index in [1.807, 2.05) is 20.8 Å². The molecular formula is C25H33N5O5. The van der Waals surface area contributed by atoms with Gasteiger partial charge in [0.1, 0.15) is 29.7 Å². The predicted octanol–water partition coefficient (Wildman–Crippen LogP) is 4.90. The lowest BCUT2D eigenvalue weighted by atomic mass is 9.91. The molecule has 2 aromatic heterocycles. The fraction of sp³-hybridized carbons (Fsp3) is 0.480. The number of anilines is 1. The van der Waals surface area contributed by atoms with E-state index < -0.39 is 23.3 Å². The van der Waals surface area contributed by atoms with Crippen molar-refractivity contribution in [2.75, 3.05) is 19.0 Å². The number of aromatic nitrogens is 2. The third-order valence-corrected chi connectivity index (χ3v) is 4.67. The highest BCUT2D eigenvalue weighted by Gasteiger charge is 2.31. The summed E-state index contributed by atoms with van der Waals surface area (Å²) in [6.07, 6.45) is 2.53. The van der Waals surface area contributed by atoms with Crippen LogP contribution >= 0.6 is 0 Å². The summed E-state index contributed by atoms with van der Waals surface area (Å²) < 4.78 is 15.9. The van der Waals surface area contributed by atoms with E-state index in [9.17, 15) is 14.9 Å². The van der Waals surface area contributed by atoms with E-state index >= 15 is 0 Å². The SMILES string of the molecule is COC(=O)Nc1cc(-c2cnc(OC[C@](C)(CC(C)C)NC(=O)OC(C)(C)C)c(C#N)c2)ccn1. The average Bonchev–Trinajstić information content (AvgIpc) is 2.75. The van der Waals surface area contributed by atoms with E-state index in [1.54, 1.807) is 45.2 Å². The average molecular weight is 484 g/mol. The van der Waals surface area contributed by atoms with E-state index in [-0.39, 0.29) is 24.0 Å². The number of rotatable bonds is 8. The van der Waals surface area contributed by atoms with E-state index in [0.717, 1.165) is 0 Å². The summed E-state index contributed by atoms with van der Waals surface area (Å²) in [6, 6.07) is 7.11. The summed E-state index contributed by atoms with van der Waals surface area (Å²) in [5.41, 5.74) is 0.183. The molecule has 0 saturated carbocycles. The molecule has 0 radical (unpaired) electrons. The molecule has 35 heavy (non-hydrogen) atoms. The Labute approximate surface area is 206 Å². The first-order valence-corrected chi connectivity index (χ1v) is 11.2. The maximum absolute atomic E-state index is 12.4. The Balaban J connectivity index is 2.22. The zero-order chi connectivity index (χ0) is 26.2. The Bertz CT molecular complexity index is 1090. The van der Waals surface area contributed by atoms with Crippen molar-refractivity contribution in [3.05, 3.63) is 36.2 Å². The molecule has 2 aromatic rings. The second-order valence-electron chi connectivity index (χ2n) is 9.81. The molecule has 2 amide bonds. The minimum Gasteiger partial charge on any atom is -0.474 e. The Morgan fingerprint density at radius 2 is 1.83 bits per heavy atom. The van der Waals surface area contributed by atoms with Crippen LogP contribution in [-0.4, -0.2) is 47.0 Å². The molecule has 1 atom stereocenters. The zero-order valence-electron chi connectivity index (χ0n) is 21.3. The van der Waals surface area contributed by atoms with Gasteiger partial charge in [-0.05, 0) is 63.8 Å². The topological polar surface area (TPSA) is 135 Å². The van der Waals surface area contributed by atoms with Gasteiger partial charge in [0.15, 0.2) is 0 Å². The first kappa shape index (κ1) is 27.4. The molecule has 0 bridgehead atoms. The Kier molecular flexibility index (Phi) is 9.00. The van der Waals surface area contributed by atoms with Crippen molar-refractivity contribution in [3.8, 4) is 23.1 Å². The normalized spacial score (nSPS) is 12.8. The van der Waals surface area contributed by atoms with Crippen molar-refractivity contribution in [3.63, 3.8) is 0 Å². The maximum atomic E-state index is 12.4. The van der Waals surface area contributed by atoms with Crippen LogP contribution in [0.4, 0.5) is 15.4 Å². The van der Waals surface area contributed by atoms with E-state index in [1.165, 1.54) is 13.3 Å². The van der Waals surface area contributed by atoms with Gasteiger partial charge in [-0.3, -0.25) is 5.32 Å². The minimum atomic E-state index is -0.747. The van der Waals surface area contributed by atoms with Crippen LogP contribution in [0.2, 0.25) is 0 Å². The van der Waals surface area contributed by atoms with Gasteiger partial charge in [0.05, 0.1) is 12.6 Å². The molecule has 2 N–H and O–H groups in total. The highest BCUT2D eigenvalue weighted by atomic mass is 16.6. The molecule has 2 rings (SSSR count). The van der Waals surface area contributed by atoms with Crippen LogP contribution in [0.3, 0.4) is 0 Å². The Morgan fingerprint density at radius 3 is 2.43 bits per heavy atom. The largest absolute Gasteiger partial charge is 0.474 e. The number of nitriles is 1. The summed E-state index contributed by atoms with van der Waals surface area (Å²) in [5, 5.41) is 15.1. The van der Waals surface area contributed by atoms with E-state index in [4.69, 9.17) is 9.47 Å². The number of carbonyl (C=O) groups is 2. The van der Waals surface area contributed by atoms with Gasteiger partial charge in [-0.2, -0.15) is 5.26 Å². The van der Waals surface area contributed by atoms with E-state index in [0.29, 0.717) is 23.4 Å². The Morgan fingerprint density at radius 1 is 1.11 bits per heavy atom. The molecule has 2 heterocycles. The van der Waals surface area contributed by atoms with Crippen LogP contribution < -0.4 is 15.4 Å². The molecule has 0 aliphatic rings. The number of hydrogen-bond donors (Lipinski definition) is 2. The van der Waals surface area contributed by atoms with Crippen LogP contribution in [0.25, 0.3) is 11.1 Å². The van der Waals surface area contributed by atoms with Gasteiger partial charge < -0.3 is 19.5 Å². The van der Waals surface area contributed by atoms with Gasteiger partial charge in [-0.25, -0.2) is 19.6 Å². The molecule has 10 heteroatoms. The highest BCUT2D eigenvalue weighted by Crippen LogP contribution is 2.27. The first-order valence-electron chi connectivity index (χ1n) is 11.2. The maximum Gasteiger partial charge on any atom is 0.412 e. The fourth-order valence-corrected chi connectivity index (χ4v) is 3.46. The van der Waals surface area contributed by atoms with Gasteiger partial charge in [0.2, 0.25) is 5.88 Å². The number of methoxy groups -OCH3 is 1. The van der Waals surface area contributed by atoms with Crippen molar-refractivity contribution in [2.45, 2.75) is 59.1 Å². The van der Waals surface area contributed by atoms with Crippen LogP contribution in [0.15, 0.2) is 30.6 Å². The molecule has 0 aliphatic carbocycles. The second kappa shape index (κ2) is 11.5. The molecule has 0 aromatic carbocycles. The molecule has 10 nitrogen and oxygen atoms in total. The molecule has 0 fully saturated rings. The van der Waals surface area contributed by atoms with Gasteiger partial charge in [0.25, 0.3) is 0 Å². The monoisotopic (exact) mass is 483 g/mol. The summed E-state index contributed by atoms with van der Waals surface area (Å²) >= 11 is 0. The van der Waals surface area contributed by atoms with E-state index in [2.05, 4.69) is 31.4 Å². The van der Waals surface area contributed by atoms with Gasteiger partial charge in [-0.15, -0.1) is 0 Å². The van der Waals surface area contributed by atoms with Crippen LogP contribution in [0.5, 0.6) is 5.88 Å².